The molecule has 0 aliphatic rings. The number of hydrogen-bond acceptors (Lipinski definition) is 5. The quantitative estimate of drug-likeness (QED) is 0.167. The summed E-state index contributed by atoms with van der Waals surface area (Å²) in [5.74, 6) is 0. The fraction of sp³-hybridized carbons (Fsp3) is 0.0400. The number of rotatable bonds is 1. The van der Waals surface area contributed by atoms with E-state index >= 15 is 0 Å². The lowest BCUT2D eigenvalue weighted by molar-refractivity contribution is 1.18. The van der Waals surface area contributed by atoms with E-state index in [0.717, 1.165) is 0 Å². The lowest BCUT2D eigenvalue weighted by Gasteiger charge is -2.08. The standard InChI is InChI=1S/C25H11Br2NS5/c1-10-2-4-11(5-3-10)28-14-6-13-15(29-25-22(13)31-17-9-19(27)33-24(17)25)7-12(14)21-20(28)23-16(30-21)8-18(26)32-23/h2-9H,1H3. The fourth-order valence-corrected chi connectivity index (χ4v) is 12.7. The minimum Gasteiger partial charge on any atom is -0.307 e. The number of hydrogen-bond donors (Lipinski definition) is 0. The predicted octanol–water partition coefficient (Wildman–Crippen LogP) is 11.5. The van der Waals surface area contributed by atoms with Crippen molar-refractivity contribution in [3.05, 3.63) is 61.7 Å². The summed E-state index contributed by atoms with van der Waals surface area (Å²) in [6.45, 7) is 2.15. The molecule has 0 bridgehead atoms. The largest absolute Gasteiger partial charge is 0.307 e. The first-order valence-electron chi connectivity index (χ1n) is 10.2. The third kappa shape index (κ3) is 2.71. The van der Waals surface area contributed by atoms with Crippen LogP contribution >= 0.6 is 88.5 Å². The average molecular weight is 646 g/mol. The lowest BCUT2D eigenvalue weighted by atomic mass is 10.2. The molecule has 0 saturated heterocycles. The second kappa shape index (κ2) is 6.91. The van der Waals surface area contributed by atoms with Gasteiger partial charge in [0, 0.05) is 30.6 Å². The van der Waals surface area contributed by atoms with E-state index in [1.807, 2.05) is 56.7 Å². The molecule has 0 aliphatic heterocycles. The van der Waals surface area contributed by atoms with Crippen LogP contribution in [0.5, 0.6) is 0 Å². The molecule has 0 aliphatic carbocycles. The molecule has 6 heterocycles. The summed E-state index contributed by atoms with van der Waals surface area (Å²) in [5.41, 5.74) is 5.16. The van der Waals surface area contributed by atoms with Crippen LogP contribution in [-0.4, -0.2) is 4.57 Å². The van der Waals surface area contributed by atoms with Gasteiger partial charge in [-0.1, -0.05) is 17.7 Å². The van der Waals surface area contributed by atoms with Gasteiger partial charge in [0.05, 0.1) is 42.1 Å². The molecular weight excluding hydrogens is 634 g/mol. The Morgan fingerprint density at radius 3 is 2.06 bits per heavy atom. The summed E-state index contributed by atoms with van der Waals surface area (Å²) in [4.78, 5) is 0. The van der Waals surface area contributed by atoms with Crippen molar-refractivity contribution >= 4 is 148 Å². The van der Waals surface area contributed by atoms with Gasteiger partial charge in [0.15, 0.2) is 0 Å². The number of nitrogens with zero attached hydrogens (tertiary/aromatic N) is 1. The molecular formula is C25H11Br2NS5. The van der Waals surface area contributed by atoms with E-state index in [0.29, 0.717) is 0 Å². The lowest BCUT2D eigenvalue weighted by Crippen LogP contribution is -1.93. The SMILES string of the molecule is Cc1ccc(-n2c3cc4c(cc3c3sc5cc(Br)sc5c32)sc2c3sc(Br)cc3sc42)cc1. The Morgan fingerprint density at radius 1 is 0.606 bits per heavy atom. The molecule has 0 saturated carbocycles. The smallest absolute Gasteiger partial charge is 0.0829 e. The van der Waals surface area contributed by atoms with E-state index in [1.165, 1.54) is 78.2 Å². The molecule has 160 valence electrons. The van der Waals surface area contributed by atoms with Gasteiger partial charge in [0.25, 0.3) is 0 Å². The van der Waals surface area contributed by atoms with Crippen molar-refractivity contribution in [3.63, 3.8) is 0 Å². The average Bonchev–Trinajstić information content (AvgIpc) is 3.58. The maximum Gasteiger partial charge on any atom is 0.0829 e. The third-order valence-corrected chi connectivity index (χ3v) is 13.5. The summed E-state index contributed by atoms with van der Waals surface area (Å²) >= 11 is 16.9. The van der Waals surface area contributed by atoms with E-state index in [1.54, 1.807) is 0 Å². The van der Waals surface area contributed by atoms with Crippen molar-refractivity contribution in [1.82, 2.24) is 4.57 Å². The number of thiophene rings is 5. The van der Waals surface area contributed by atoms with Gasteiger partial charge in [-0.3, -0.25) is 0 Å². The number of benzene rings is 2. The van der Waals surface area contributed by atoms with Gasteiger partial charge in [-0.2, -0.15) is 0 Å². The van der Waals surface area contributed by atoms with Gasteiger partial charge in [0.1, 0.15) is 0 Å². The van der Waals surface area contributed by atoms with Crippen molar-refractivity contribution in [3.8, 4) is 5.69 Å². The second-order valence-electron chi connectivity index (χ2n) is 8.17. The van der Waals surface area contributed by atoms with Gasteiger partial charge in [-0.15, -0.1) is 56.7 Å². The highest BCUT2D eigenvalue weighted by Crippen LogP contribution is 2.51. The first-order valence-corrected chi connectivity index (χ1v) is 15.9. The number of aromatic nitrogens is 1. The second-order valence-corrected chi connectivity index (χ2v) is 16.2. The Kier molecular flexibility index (Phi) is 4.18. The zero-order chi connectivity index (χ0) is 22.0. The number of fused-ring (bicyclic) bond motifs is 10. The van der Waals surface area contributed by atoms with E-state index < -0.39 is 0 Å². The molecule has 8 heteroatoms. The Morgan fingerprint density at radius 2 is 1.27 bits per heavy atom. The summed E-state index contributed by atoms with van der Waals surface area (Å²) in [7, 11) is 0. The maximum atomic E-state index is 3.71. The van der Waals surface area contributed by atoms with Crippen LogP contribution in [0.4, 0.5) is 0 Å². The van der Waals surface area contributed by atoms with Crippen LogP contribution in [-0.2, 0) is 0 Å². The van der Waals surface area contributed by atoms with Crippen LogP contribution in [0.3, 0.4) is 0 Å². The van der Waals surface area contributed by atoms with Gasteiger partial charge in [-0.25, -0.2) is 0 Å². The van der Waals surface area contributed by atoms with Crippen LogP contribution in [0.15, 0.2) is 56.1 Å². The molecule has 33 heavy (non-hydrogen) atoms. The zero-order valence-electron chi connectivity index (χ0n) is 16.9. The number of halogens is 2. The molecule has 0 N–H and O–H groups in total. The molecule has 0 radical (unpaired) electrons. The predicted molar refractivity (Wildman–Crippen MR) is 160 cm³/mol. The topological polar surface area (TPSA) is 4.93 Å². The van der Waals surface area contributed by atoms with E-state index in [2.05, 4.69) is 91.9 Å². The van der Waals surface area contributed by atoms with Crippen molar-refractivity contribution in [2.24, 2.45) is 0 Å². The first kappa shape index (κ1) is 20.0. The molecule has 8 rings (SSSR count). The Bertz CT molecular complexity index is 2060. The monoisotopic (exact) mass is 643 g/mol. The van der Waals surface area contributed by atoms with Crippen molar-refractivity contribution < 1.29 is 0 Å². The summed E-state index contributed by atoms with van der Waals surface area (Å²) in [6, 6.07) is 18.4. The molecule has 6 aromatic heterocycles. The third-order valence-electron chi connectivity index (χ3n) is 6.16. The minimum absolute atomic E-state index is 1.19. The van der Waals surface area contributed by atoms with Gasteiger partial charge in [0.2, 0.25) is 0 Å². The molecule has 8 aromatic rings. The summed E-state index contributed by atoms with van der Waals surface area (Å²) in [5, 5.41) is 2.74. The zero-order valence-corrected chi connectivity index (χ0v) is 24.1. The first-order chi connectivity index (χ1) is 16.0. The molecule has 2 aromatic carbocycles. The Balaban J connectivity index is 1.57. The minimum atomic E-state index is 1.19. The number of aryl methyl sites for hydroxylation is 1. The normalized spacial score (nSPS) is 12.7. The van der Waals surface area contributed by atoms with Crippen LogP contribution in [0, 0.1) is 6.92 Å². The van der Waals surface area contributed by atoms with Crippen LogP contribution < -0.4 is 0 Å². The van der Waals surface area contributed by atoms with Crippen LogP contribution in [0.25, 0.3) is 65.1 Å². The highest BCUT2D eigenvalue weighted by atomic mass is 79.9. The molecule has 1 nitrogen and oxygen atoms in total. The van der Waals surface area contributed by atoms with Gasteiger partial charge >= 0.3 is 0 Å². The molecule has 0 spiro atoms. The van der Waals surface area contributed by atoms with Crippen molar-refractivity contribution in [1.29, 1.82) is 0 Å². The molecule has 0 fully saturated rings. The Labute approximate surface area is 224 Å². The summed E-state index contributed by atoms with van der Waals surface area (Å²) in [6.07, 6.45) is 0. The molecule has 0 amide bonds. The van der Waals surface area contributed by atoms with Crippen LogP contribution in [0.1, 0.15) is 5.56 Å². The van der Waals surface area contributed by atoms with Crippen molar-refractivity contribution in [2.45, 2.75) is 6.92 Å². The highest BCUT2D eigenvalue weighted by Gasteiger charge is 2.22. The fourth-order valence-electron chi connectivity index (χ4n) is 4.73. The van der Waals surface area contributed by atoms with Crippen molar-refractivity contribution in [2.75, 3.05) is 0 Å². The van der Waals surface area contributed by atoms with E-state index in [9.17, 15) is 0 Å². The van der Waals surface area contributed by atoms with Gasteiger partial charge in [-0.05, 0) is 75.2 Å². The van der Waals surface area contributed by atoms with Gasteiger partial charge < -0.3 is 4.57 Å². The highest BCUT2D eigenvalue weighted by molar-refractivity contribution is 9.11. The van der Waals surface area contributed by atoms with E-state index in [-0.39, 0.29) is 0 Å². The Hall–Kier alpha value is -1.26. The molecule has 0 atom stereocenters. The molecule has 0 unspecified atom stereocenters. The summed E-state index contributed by atoms with van der Waals surface area (Å²) < 4.78 is 16.1. The van der Waals surface area contributed by atoms with E-state index in [4.69, 9.17) is 0 Å². The maximum absolute atomic E-state index is 3.71. The van der Waals surface area contributed by atoms with Crippen LogP contribution in [0.2, 0.25) is 0 Å².